The molecule has 2 rings (SSSR count). The second-order valence-corrected chi connectivity index (χ2v) is 5.02. The van der Waals surface area contributed by atoms with Crippen LogP contribution in [0.1, 0.15) is 0 Å². The fourth-order valence-corrected chi connectivity index (χ4v) is 2.14. The number of hydrazine groups is 1. The molecule has 1 aliphatic rings. The molecule has 7 nitrogen and oxygen atoms in total. The molecule has 1 fully saturated rings. The zero-order chi connectivity index (χ0) is 15.2. The predicted octanol–water partition coefficient (Wildman–Crippen LogP) is 0.450. The SMILES string of the molecule is CN1CCN(NC(=O)N(CC(=O)O)c2ccccc2)CC1. The van der Waals surface area contributed by atoms with Crippen molar-refractivity contribution in [3.63, 3.8) is 0 Å². The van der Waals surface area contributed by atoms with Gasteiger partial charge in [-0.25, -0.2) is 9.80 Å². The molecule has 0 aromatic heterocycles. The van der Waals surface area contributed by atoms with Crippen LogP contribution in [0.3, 0.4) is 0 Å². The maximum absolute atomic E-state index is 12.3. The number of rotatable bonds is 4. The van der Waals surface area contributed by atoms with E-state index < -0.39 is 12.0 Å². The molecule has 114 valence electrons. The van der Waals surface area contributed by atoms with E-state index in [1.807, 2.05) is 18.1 Å². The number of para-hydroxylation sites is 1. The smallest absolute Gasteiger partial charge is 0.336 e. The van der Waals surface area contributed by atoms with E-state index in [0.717, 1.165) is 26.2 Å². The van der Waals surface area contributed by atoms with Crippen LogP contribution in [-0.2, 0) is 4.79 Å². The number of anilines is 1. The largest absolute Gasteiger partial charge is 0.480 e. The molecule has 21 heavy (non-hydrogen) atoms. The van der Waals surface area contributed by atoms with Gasteiger partial charge in [0.15, 0.2) is 0 Å². The topological polar surface area (TPSA) is 76.1 Å². The Morgan fingerprint density at radius 3 is 2.38 bits per heavy atom. The van der Waals surface area contributed by atoms with Gasteiger partial charge in [0.1, 0.15) is 6.54 Å². The molecule has 0 saturated carbocycles. The molecule has 0 spiro atoms. The summed E-state index contributed by atoms with van der Waals surface area (Å²) in [5, 5.41) is 10.8. The van der Waals surface area contributed by atoms with Crippen LogP contribution in [0.5, 0.6) is 0 Å². The molecular weight excluding hydrogens is 272 g/mol. The van der Waals surface area contributed by atoms with Gasteiger partial charge in [0.05, 0.1) is 0 Å². The molecular formula is C14H20N4O3. The zero-order valence-electron chi connectivity index (χ0n) is 12.0. The highest BCUT2D eigenvalue weighted by Gasteiger charge is 2.22. The number of urea groups is 1. The number of piperazine rings is 1. The van der Waals surface area contributed by atoms with Crippen molar-refractivity contribution in [1.29, 1.82) is 0 Å². The molecule has 0 atom stereocenters. The number of benzene rings is 1. The number of nitrogens with one attached hydrogen (secondary N) is 1. The molecule has 7 heteroatoms. The average molecular weight is 292 g/mol. The number of carbonyl (C=O) groups is 2. The third kappa shape index (κ3) is 4.44. The van der Waals surface area contributed by atoms with Crippen LogP contribution in [-0.4, -0.2) is 66.8 Å². The Balaban J connectivity index is 2.02. The van der Waals surface area contributed by atoms with E-state index in [-0.39, 0.29) is 6.54 Å². The Bertz CT molecular complexity index is 486. The Kier molecular flexibility index (Phi) is 5.13. The summed E-state index contributed by atoms with van der Waals surface area (Å²) < 4.78 is 0. The van der Waals surface area contributed by atoms with Crippen molar-refractivity contribution < 1.29 is 14.7 Å². The number of likely N-dealkylation sites (N-methyl/N-ethyl adjacent to an activating group) is 1. The van der Waals surface area contributed by atoms with Gasteiger partial charge >= 0.3 is 12.0 Å². The third-order valence-electron chi connectivity index (χ3n) is 3.36. The quantitative estimate of drug-likeness (QED) is 0.842. The van der Waals surface area contributed by atoms with Crippen molar-refractivity contribution in [3.8, 4) is 0 Å². The minimum atomic E-state index is -1.05. The fraction of sp³-hybridized carbons (Fsp3) is 0.429. The molecule has 2 N–H and O–H groups in total. The zero-order valence-corrected chi connectivity index (χ0v) is 12.0. The van der Waals surface area contributed by atoms with Gasteiger partial charge in [0, 0.05) is 31.9 Å². The summed E-state index contributed by atoms with van der Waals surface area (Å²) in [5.74, 6) is -1.05. The van der Waals surface area contributed by atoms with Crippen LogP contribution in [0.15, 0.2) is 30.3 Å². The second-order valence-electron chi connectivity index (χ2n) is 5.02. The molecule has 0 unspecified atom stereocenters. The number of hydrogen-bond donors (Lipinski definition) is 2. The number of amides is 2. The van der Waals surface area contributed by atoms with E-state index in [1.165, 1.54) is 4.90 Å². The van der Waals surface area contributed by atoms with Crippen LogP contribution in [0.25, 0.3) is 0 Å². The molecule has 2 amide bonds. The number of hydrogen-bond acceptors (Lipinski definition) is 4. The van der Waals surface area contributed by atoms with Gasteiger partial charge in [0.25, 0.3) is 0 Å². The van der Waals surface area contributed by atoms with Gasteiger partial charge < -0.3 is 10.0 Å². The molecule has 1 aliphatic heterocycles. The maximum Gasteiger partial charge on any atom is 0.336 e. The average Bonchev–Trinajstić information content (AvgIpc) is 2.48. The van der Waals surface area contributed by atoms with Gasteiger partial charge in [-0.05, 0) is 19.2 Å². The highest BCUT2D eigenvalue weighted by atomic mass is 16.4. The summed E-state index contributed by atoms with van der Waals surface area (Å²) in [5.41, 5.74) is 3.34. The first-order chi connectivity index (χ1) is 10.1. The van der Waals surface area contributed by atoms with Crippen LogP contribution >= 0.6 is 0 Å². The van der Waals surface area contributed by atoms with Crippen LogP contribution in [0, 0.1) is 0 Å². The highest BCUT2D eigenvalue weighted by Crippen LogP contribution is 2.13. The lowest BCUT2D eigenvalue weighted by Crippen LogP contribution is -2.56. The van der Waals surface area contributed by atoms with E-state index in [0.29, 0.717) is 5.69 Å². The second kappa shape index (κ2) is 7.05. The van der Waals surface area contributed by atoms with Crippen molar-refractivity contribution in [2.24, 2.45) is 0 Å². The van der Waals surface area contributed by atoms with Crippen molar-refractivity contribution in [2.75, 3.05) is 44.7 Å². The molecule has 0 bridgehead atoms. The summed E-state index contributed by atoms with van der Waals surface area (Å²) in [6.45, 7) is 2.80. The lowest BCUT2D eigenvalue weighted by molar-refractivity contribution is -0.135. The maximum atomic E-state index is 12.3. The van der Waals surface area contributed by atoms with Crippen molar-refractivity contribution in [3.05, 3.63) is 30.3 Å². The van der Waals surface area contributed by atoms with Crippen molar-refractivity contribution in [2.45, 2.75) is 0 Å². The number of nitrogens with zero attached hydrogens (tertiary/aromatic N) is 3. The number of carboxylic acids is 1. The summed E-state index contributed by atoms with van der Waals surface area (Å²) in [6.07, 6.45) is 0. The monoisotopic (exact) mass is 292 g/mol. The molecule has 0 aliphatic carbocycles. The van der Waals surface area contributed by atoms with Crippen LogP contribution < -0.4 is 10.3 Å². The van der Waals surface area contributed by atoms with Crippen molar-refractivity contribution in [1.82, 2.24) is 15.3 Å². The molecule has 1 saturated heterocycles. The number of aliphatic carboxylic acids is 1. The first-order valence-corrected chi connectivity index (χ1v) is 6.85. The van der Waals surface area contributed by atoms with E-state index in [2.05, 4.69) is 10.3 Å². The fourth-order valence-electron chi connectivity index (χ4n) is 2.14. The Morgan fingerprint density at radius 1 is 1.19 bits per heavy atom. The van der Waals surface area contributed by atoms with Crippen molar-refractivity contribution >= 4 is 17.7 Å². The molecule has 1 heterocycles. The number of carbonyl (C=O) groups excluding carboxylic acids is 1. The summed E-state index contributed by atoms with van der Waals surface area (Å²) in [4.78, 5) is 26.7. The van der Waals surface area contributed by atoms with Gasteiger partial charge in [-0.1, -0.05) is 18.2 Å². The van der Waals surface area contributed by atoms with E-state index >= 15 is 0 Å². The van der Waals surface area contributed by atoms with E-state index in [9.17, 15) is 9.59 Å². The summed E-state index contributed by atoms with van der Waals surface area (Å²) >= 11 is 0. The first kappa shape index (κ1) is 15.3. The van der Waals surface area contributed by atoms with Gasteiger partial charge in [0.2, 0.25) is 0 Å². The predicted molar refractivity (Wildman–Crippen MR) is 79.0 cm³/mol. The van der Waals surface area contributed by atoms with Crippen LogP contribution in [0.4, 0.5) is 10.5 Å². The Hall–Kier alpha value is -2.12. The van der Waals surface area contributed by atoms with Crippen LogP contribution in [0.2, 0.25) is 0 Å². The van der Waals surface area contributed by atoms with E-state index in [1.54, 1.807) is 24.3 Å². The van der Waals surface area contributed by atoms with E-state index in [4.69, 9.17) is 5.11 Å². The van der Waals surface area contributed by atoms with Gasteiger partial charge in [-0.15, -0.1) is 0 Å². The minimum absolute atomic E-state index is 0.371. The Labute approximate surface area is 123 Å². The summed E-state index contributed by atoms with van der Waals surface area (Å²) in [6, 6.07) is 8.37. The summed E-state index contributed by atoms with van der Waals surface area (Å²) in [7, 11) is 2.03. The standard InChI is InChI=1S/C14H20N4O3/c1-16-7-9-17(10-8-16)15-14(21)18(11-13(19)20)12-5-3-2-4-6-12/h2-6H,7-11H2,1H3,(H,15,21)(H,19,20). The highest BCUT2D eigenvalue weighted by molar-refractivity contribution is 5.95. The lowest BCUT2D eigenvalue weighted by Gasteiger charge is -2.34. The number of carboxylic acid groups (broad SMARTS) is 1. The van der Waals surface area contributed by atoms with Gasteiger partial charge in [-0.2, -0.15) is 0 Å². The minimum Gasteiger partial charge on any atom is -0.480 e. The Morgan fingerprint density at radius 2 is 1.81 bits per heavy atom. The third-order valence-corrected chi connectivity index (χ3v) is 3.36. The molecule has 0 radical (unpaired) electrons. The van der Waals surface area contributed by atoms with Gasteiger partial charge in [-0.3, -0.25) is 15.1 Å². The molecule has 1 aromatic rings. The first-order valence-electron chi connectivity index (χ1n) is 6.85. The normalized spacial score (nSPS) is 16.4. The lowest BCUT2D eigenvalue weighted by atomic mass is 10.3. The molecule has 1 aromatic carbocycles.